The van der Waals surface area contributed by atoms with E-state index in [4.69, 9.17) is 21.1 Å². The molecule has 3 rings (SSSR count). The Kier molecular flexibility index (Phi) is 5.44. The van der Waals surface area contributed by atoms with Gasteiger partial charge in [-0.15, -0.1) is 0 Å². The second kappa shape index (κ2) is 7.54. The van der Waals surface area contributed by atoms with Gasteiger partial charge in [0.05, 0.1) is 16.8 Å². The van der Waals surface area contributed by atoms with Crippen LogP contribution in [-0.4, -0.2) is 38.2 Å². The van der Waals surface area contributed by atoms with Crippen molar-refractivity contribution in [2.45, 2.75) is 51.2 Å². The standard InChI is InChI=1S/C18H24ClNO3/c1-2-20(14-6-8-22-9-7-14)17-11-16(23-15-4-3-5-15)10-13(12-21)18(17)19/h10-12,14-15H,2-9H2,1H3. The van der Waals surface area contributed by atoms with Crippen molar-refractivity contribution < 1.29 is 14.3 Å². The number of aldehydes is 1. The highest BCUT2D eigenvalue weighted by Crippen LogP contribution is 2.37. The van der Waals surface area contributed by atoms with Gasteiger partial charge in [-0.3, -0.25) is 4.79 Å². The molecule has 2 fully saturated rings. The van der Waals surface area contributed by atoms with Gasteiger partial charge in [0.1, 0.15) is 5.75 Å². The topological polar surface area (TPSA) is 38.8 Å². The van der Waals surface area contributed by atoms with Crippen LogP contribution >= 0.6 is 11.6 Å². The maximum atomic E-state index is 11.4. The molecule has 0 atom stereocenters. The summed E-state index contributed by atoms with van der Waals surface area (Å²) in [4.78, 5) is 13.7. The van der Waals surface area contributed by atoms with E-state index >= 15 is 0 Å². The van der Waals surface area contributed by atoms with Gasteiger partial charge in [-0.1, -0.05) is 11.6 Å². The third-order valence-electron chi connectivity index (χ3n) is 4.82. The summed E-state index contributed by atoms with van der Waals surface area (Å²) >= 11 is 6.50. The van der Waals surface area contributed by atoms with Crippen LogP contribution < -0.4 is 9.64 Å². The number of rotatable bonds is 6. The summed E-state index contributed by atoms with van der Waals surface area (Å²) in [7, 11) is 0. The first-order valence-corrected chi connectivity index (χ1v) is 8.90. The van der Waals surface area contributed by atoms with Crippen LogP contribution in [0.4, 0.5) is 5.69 Å². The first-order valence-electron chi connectivity index (χ1n) is 8.52. The van der Waals surface area contributed by atoms with Crippen LogP contribution in [0.15, 0.2) is 12.1 Å². The molecule has 1 saturated carbocycles. The zero-order valence-electron chi connectivity index (χ0n) is 13.6. The number of benzene rings is 1. The highest BCUT2D eigenvalue weighted by molar-refractivity contribution is 6.35. The van der Waals surface area contributed by atoms with Gasteiger partial charge in [0.25, 0.3) is 0 Å². The van der Waals surface area contributed by atoms with Crippen LogP contribution in [0.2, 0.25) is 5.02 Å². The number of hydrogen-bond acceptors (Lipinski definition) is 4. The van der Waals surface area contributed by atoms with Crippen molar-refractivity contribution >= 4 is 23.6 Å². The fraction of sp³-hybridized carbons (Fsp3) is 0.611. The first-order chi connectivity index (χ1) is 11.2. The van der Waals surface area contributed by atoms with Gasteiger partial charge in [-0.05, 0) is 45.1 Å². The van der Waals surface area contributed by atoms with Crippen LogP contribution in [0, 0.1) is 0 Å². The van der Waals surface area contributed by atoms with E-state index < -0.39 is 0 Å². The molecular weight excluding hydrogens is 314 g/mol. The largest absolute Gasteiger partial charge is 0.490 e. The molecule has 1 aromatic rings. The summed E-state index contributed by atoms with van der Waals surface area (Å²) in [5, 5.41) is 0.523. The summed E-state index contributed by atoms with van der Waals surface area (Å²) in [6, 6.07) is 4.14. The van der Waals surface area contributed by atoms with Crippen molar-refractivity contribution in [1.82, 2.24) is 0 Å². The molecule has 0 amide bonds. The van der Waals surface area contributed by atoms with Crippen LogP contribution in [0.25, 0.3) is 0 Å². The third kappa shape index (κ3) is 3.64. The Hall–Kier alpha value is -1.26. The molecule has 0 N–H and O–H groups in total. The van der Waals surface area contributed by atoms with Crippen molar-refractivity contribution in [2.24, 2.45) is 0 Å². The summed E-state index contributed by atoms with van der Waals surface area (Å²) in [5.41, 5.74) is 1.41. The number of carbonyl (C=O) groups excluding carboxylic acids is 1. The van der Waals surface area contributed by atoms with Crippen molar-refractivity contribution in [2.75, 3.05) is 24.7 Å². The Balaban J connectivity index is 1.90. The van der Waals surface area contributed by atoms with E-state index in [9.17, 15) is 4.79 Å². The average Bonchev–Trinajstić information content (AvgIpc) is 2.55. The summed E-state index contributed by atoms with van der Waals surface area (Å²) in [6.45, 7) is 4.51. The number of anilines is 1. The molecule has 0 spiro atoms. The van der Waals surface area contributed by atoms with Gasteiger partial charge in [-0.25, -0.2) is 0 Å². The predicted octanol–water partition coefficient (Wildman–Crippen LogP) is 4.09. The van der Waals surface area contributed by atoms with E-state index in [-0.39, 0.29) is 6.10 Å². The van der Waals surface area contributed by atoms with Crippen LogP contribution in [0.1, 0.15) is 49.4 Å². The van der Waals surface area contributed by atoms with E-state index in [1.54, 1.807) is 6.07 Å². The monoisotopic (exact) mass is 337 g/mol. The Morgan fingerprint density at radius 2 is 2.04 bits per heavy atom. The highest BCUT2D eigenvalue weighted by Gasteiger charge is 2.25. The molecule has 126 valence electrons. The second-order valence-corrected chi connectivity index (χ2v) is 6.64. The normalized spacial score (nSPS) is 19.2. The smallest absolute Gasteiger partial charge is 0.151 e. The first kappa shape index (κ1) is 16.6. The summed E-state index contributed by atoms with van der Waals surface area (Å²) in [6.07, 6.45) is 6.45. The minimum absolute atomic E-state index is 0.279. The highest BCUT2D eigenvalue weighted by atomic mass is 35.5. The number of hydrogen-bond donors (Lipinski definition) is 0. The lowest BCUT2D eigenvalue weighted by molar-refractivity contribution is 0.0846. The number of halogens is 1. The molecule has 1 saturated heterocycles. The fourth-order valence-corrected chi connectivity index (χ4v) is 3.53. The molecule has 5 heteroatoms. The average molecular weight is 338 g/mol. The fourth-order valence-electron chi connectivity index (χ4n) is 3.27. The summed E-state index contributed by atoms with van der Waals surface area (Å²) < 4.78 is 11.5. The zero-order valence-corrected chi connectivity index (χ0v) is 14.3. The number of nitrogens with zero attached hydrogens (tertiary/aromatic N) is 1. The lowest BCUT2D eigenvalue weighted by Crippen LogP contribution is -2.39. The molecular formula is C18H24ClNO3. The second-order valence-electron chi connectivity index (χ2n) is 6.26. The molecule has 1 aliphatic heterocycles. The van der Waals surface area contributed by atoms with E-state index in [0.29, 0.717) is 16.6 Å². The predicted molar refractivity (Wildman–Crippen MR) is 92.0 cm³/mol. The molecule has 1 aromatic carbocycles. The van der Waals surface area contributed by atoms with Gasteiger partial charge in [0, 0.05) is 37.4 Å². The summed E-state index contributed by atoms with van der Waals surface area (Å²) in [5.74, 6) is 0.752. The molecule has 0 aromatic heterocycles. The molecule has 0 unspecified atom stereocenters. The lowest BCUT2D eigenvalue weighted by atomic mass is 9.96. The van der Waals surface area contributed by atoms with Crippen LogP contribution in [0.5, 0.6) is 5.75 Å². The van der Waals surface area contributed by atoms with Crippen molar-refractivity contribution in [1.29, 1.82) is 0 Å². The van der Waals surface area contributed by atoms with Crippen molar-refractivity contribution in [3.05, 3.63) is 22.7 Å². The van der Waals surface area contributed by atoms with E-state index in [1.807, 2.05) is 6.07 Å². The molecule has 2 aliphatic rings. The quantitative estimate of drug-likeness (QED) is 0.733. The van der Waals surface area contributed by atoms with Gasteiger partial charge < -0.3 is 14.4 Å². The SMILES string of the molecule is CCN(c1cc(OC2CCC2)cc(C=O)c1Cl)C1CCOCC1. The maximum Gasteiger partial charge on any atom is 0.151 e. The van der Waals surface area contributed by atoms with E-state index in [0.717, 1.165) is 63.2 Å². The molecule has 1 aliphatic carbocycles. The lowest BCUT2D eigenvalue weighted by Gasteiger charge is -2.36. The van der Waals surface area contributed by atoms with Gasteiger partial charge in [0.2, 0.25) is 0 Å². The van der Waals surface area contributed by atoms with Crippen molar-refractivity contribution in [3.8, 4) is 5.75 Å². The molecule has 0 radical (unpaired) electrons. The van der Waals surface area contributed by atoms with Gasteiger partial charge in [0.15, 0.2) is 6.29 Å². The third-order valence-corrected chi connectivity index (χ3v) is 5.23. The Bertz CT molecular complexity index is 553. The van der Waals surface area contributed by atoms with Gasteiger partial charge in [-0.2, -0.15) is 0 Å². The van der Waals surface area contributed by atoms with Crippen molar-refractivity contribution in [3.63, 3.8) is 0 Å². The Morgan fingerprint density at radius 3 is 2.61 bits per heavy atom. The Morgan fingerprint density at radius 1 is 1.30 bits per heavy atom. The van der Waals surface area contributed by atoms with E-state index in [1.165, 1.54) is 6.42 Å². The molecule has 4 nitrogen and oxygen atoms in total. The minimum Gasteiger partial charge on any atom is -0.490 e. The maximum absolute atomic E-state index is 11.4. The number of ether oxygens (including phenoxy) is 2. The molecule has 0 bridgehead atoms. The van der Waals surface area contributed by atoms with Crippen LogP contribution in [-0.2, 0) is 4.74 Å². The molecule has 1 heterocycles. The van der Waals surface area contributed by atoms with E-state index in [2.05, 4.69) is 11.8 Å². The number of carbonyl (C=O) groups is 1. The van der Waals surface area contributed by atoms with Gasteiger partial charge >= 0.3 is 0 Å². The Labute approximate surface area is 142 Å². The van der Waals surface area contributed by atoms with Crippen LogP contribution in [0.3, 0.4) is 0 Å². The zero-order chi connectivity index (χ0) is 16.2. The molecule has 23 heavy (non-hydrogen) atoms. The minimum atomic E-state index is 0.279.